The standard InChI is InChI=1S/C18H26N2O2.ClH/c1-2-19-12-14-7-9-20(10-8-14)18(21)16-11-15-5-3-4-6-17(15)22-13-16;/h3-6,14,16,19H,2,7-13H2,1H3;1H. The molecule has 128 valence electrons. The Kier molecular flexibility index (Phi) is 6.72. The maximum Gasteiger partial charge on any atom is 0.229 e. The Bertz CT molecular complexity index is 515. The molecule has 23 heavy (non-hydrogen) atoms. The van der Waals surface area contributed by atoms with Gasteiger partial charge in [-0.15, -0.1) is 12.4 Å². The maximum atomic E-state index is 12.7. The fourth-order valence-electron chi connectivity index (χ4n) is 3.45. The van der Waals surface area contributed by atoms with Crippen molar-refractivity contribution >= 4 is 18.3 Å². The molecule has 1 amide bonds. The molecule has 1 aromatic rings. The second-order valence-electron chi connectivity index (χ2n) is 6.40. The highest BCUT2D eigenvalue weighted by Gasteiger charge is 2.31. The number of halogens is 1. The lowest BCUT2D eigenvalue weighted by Crippen LogP contribution is -2.45. The molecule has 0 aliphatic carbocycles. The molecular formula is C18H27ClN2O2. The summed E-state index contributed by atoms with van der Waals surface area (Å²) in [5.74, 6) is 1.92. The first kappa shape index (κ1) is 18.1. The SMILES string of the molecule is CCNCC1CCN(C(=O)C2COc3ccccc3C2)CC1.Cl. The number of rotatable bonds is 4. The van der Waals surface area contributed by atoms with Gasteiger partial charge in [-0.25, -0.2) is 0 Å². The summed E-state index contributed by atoms with van der Waals surface area (Å²) in [6, 6.07) is 8.05. The Labute approximate surface area is 145 Å². The fraction of sp³-hybridized carbons (Fsp3) is 0.611. The van der Waals surface area contributed by atoms with Crippen LogP contribution in [0.2, 0.25) is 0 Å². The summed E-state index contributed by atoms with van der Waals surface area (Å²) < 4.78 is 5.76. The Morgan fingerprint density at radius 2 is 2.04 bits per heavy atom. The van der Waals surface area contributed by atoms with Gasteiger partial charge in [0.15, 0.2) is 0 Å². The Hall–Kier alpha value is -1.26. The highest BCUT2D eigenvalue weighted by molar-refractivity contribution is 5.85. The number of hydrogen-bond donors (Lipinski definition) is 1. The average Bonchev–Trinajstić information content (AvgIpc) is 2.59. The molecule has 5 heteroatoms. The number of benzene rings is 1. The molecule has 1 aromatic carbocycles. The third-order valence-electron chi connectivity index (χ3n) is 4.84. The molecule has 1 atom stereocenters. The van der Waals surface area contributed by atoms with Crippen LogP contribution in [0.15, 0.2) is 24.3 Å². The molecule has 1 fully saturated rings. The molecule has 0 radical (unpaired) electrons. The Morgan fingerprint density at radius 3 is 2.78 bits per heavy atom. The van der Waals surface area contributed by atoms with Gasteiger partial charge < -0.3 is 15.0 Å². The number of likely N-dealkylation sites (tertiary alicyclic amines) is 1. The van der Waals surface area contributed by atoms with Crippen molar-refractivity contribution in [2.75, 3.05) is 32.8 Å². The molecule has 2 aliphatic rings. The van der Waals surface area contributed by atoms with Crippen LogP contribution in [0.5, 0.6) is 5.75 Å². The lowest BCUT2D eigenvalue weighted by Gasteiger charge is -2.35. The second-order valence-corrected chi connectivity index (χ2v) is 6.40. The normalized spacial score (nSPS) is 21.1. The number of para-hydroxylation sites is 1. The summed E-state index contributed by atoms with van der Waals surface area (Å²) in [7, 11) is 0. The van der Waals surface area contributed by atoms with E-state index in [2.05, 4.69) is 18.3 Å². The van der Waals surface area contributed by atoms with Crippen LogP contribution in [0.1, 0.15) is 25.3 Å². The van der Waals surface area contributed by atoms with Gasteiger partial charge in [-0.05, 0) is 49.9 Å². The molecule has 1 N–H and O–H groups in total. The first-order valence-corrected chi connectivity index (χ1v) is 8.48. The minimum absolute atomic E-state index is 0. The van der Waals surface area contributed by atoms with Gasteiger partial charge in [0.25, 0.3) is 0 Å². The van der Waals surface area contributed by atoms with E-state index in [9.17, 15) is 4.79 Å². The van der Waals surface area contributed by atoms with Crippen molar-refractivity contribution < 1.29 is 9.53 Å². The second kappa shape index (κ2) is 8.55. The van der Waals surface area contributed by atoms with Gasteiger partial charge in [-0.2, -0.15) is 0 Å². The van der Waals surface area contributed by atoms with E-state index in [1.807, 2.05) is 23.1 Å². The summed E-state index contributed by atoms with van der Waals surface area (Å²) >= 11 is 0. The molecular weight excluding hydrogens is 312 g/mol. The zero-order valence-electron chi connectivity index (χ0n) is 13.8. The van der Waals surface area contributed by atoms with Crippen LogP contribution in [-0.4, -0.2) is 43.6 Å². The molecule has 0 bridgehead atoms. The van der Waals surface area contributed by atoms with Crippen LogP contribution < -0.4 is 10.1 Å². The molecule has 0 aromatic heterocycles. The largest absolute Gasteiger partial charge is 0.492 e. The lowest BCUT2D eigenvalue weighted by atomic mass is 9.92. The summed E-state index contributed by atoms with van der Waals surface area (Å²) in [6.45, 7) is 6.56. The van der Waals surface area contributed by atoms with E-state index in [4.69, 9.17) is 4.74 Å². The summed E-state index contributed by atoms with van der Waals surface area (Å²) in [5, 5.41) is 3.41. The predicted molar refractivity (Wildman–Crippen MR) is 94.2 cm³/mol. The van der Waals surface area contributed by atoms with Crippen LogP contribution in [0, 0.1) is 11.8 Å². The smallest absolute Gasteiger partial charge is 0.229 e. The number of amides is 1. The summed E-state index contributed by atoms with van der Waals surface area (Å²) in [4.78, 5) is 14.8. The zero-order valence-corrected chi connectivity index (χ0v) is 14.6. The quantitative estimate of drug-likeness (QED) is 0.917. The molecule has 3 rings (SSSR count). The maximum absolute atomic E-state index is 12.7. The third-order valence-corrected chi connectivity index (χ3v) is 4.84. The van der Waals surface area contributed by atoms with E-state index in [-0.39, 0.29) is 24.2 Å². The average molecular weight is 339 g/mol. The van der Waals surface area contributed by atoms with Gasteiger partial charge in [0.2, 0.25) is 5.91 Å². The third kappa shape index (κ3) is 4.39. The minimum Gasteiger partial charge on any atom is -0.492 e. The molecule has 0 saturated carbocycles. The van der Waals surface area contributed by atoms with Gasteiger partial charge in [0.1, 0.15) is 12.4 Å². The van der Waals surface area contributed by atoms with Crippen LogP contribution in [0.4, 0.5) is 0 Å². The van der Waals surface area contributed by atoms with E-state index in [1.165, 1.54) is 0 Å². The van der Waals surface area contributed by atoms with Crippen molar-refractivity contribution in [3.05, 3.63) is 29.8 Å². The fourth-order valence-corrected chi connectivity index (χ4v) is 3.45. The van der Waals surface area contributed by atoms with Crippen molar-refractivity contribution in [1.29, 1.82) is 0 Å². The van der Waals surface area contributed by atoms with Gasteiger partial charge in [0.05, 0.1) is 5.92 Å². The van der Waals surface area contributed by atoms with Crippen molar-refractivity contribution in [2.45, 2.75) is 26.2 Å². The number of carbonyl (C=O) groups is 1. The molecule has 1 saturated heterocycles. The topological polar surface area (TPSA) is 41.6 Å². The van der Waals surface area contributed by atoms with Crippen LogP contribution in [0.25, 0.3) is 0 Å². The monoisotopic (exact) mass is 338 g/mol. The van der Waals surface area contributed by atoms with Crippen molar-refractivity contribution in [1.82, 2.24) is 10.2 Å². The first-order chi connectivity index (χ1) is 10.8. The molecule has 2 heterocycles. The lowest BCUT2D eigenvalue weighted by molar-refractivity contribution is -0.138. The predicted octanol–water partition coefficient (Wildman–Crippen LogP) is 2.51. The van der Waals surface area contributed by atoms with Crippen molar-refractivity contribution in [3.63, 3.8) is 0 Å². The number of piperidine rings is 1. The number of nitrogens with one attached hydrogen (secondary N) is 1. The highest BCUT2D eigenvalue weighted by atomic mass is 35.5. The Balaban J connectivity index is 0.00000192. The van der Waals surface area contributed by atoms with E-state index in [0.717, 1.165) is 56.8 Å². The van der Waals surface area contributed by atoms with Crippen LogP contribution in [-0.2, 0) is 11.2 Å². The van der Waals surface area contributed by atoms with E-state index in [0.29, 0.717) is 12.5 Å². The number of ether oxygens (including phenoxy) is 1. The van der Waals surface area contributed by atoms with E-state index >= 15 is 0 Å². The molecule has 4 nitrogen and oxygen atoms in total. The minimum atomic E-state index is -0.0137. The van der Waals surface area contributed by atoms with Gasteiger partial charge >= 0.3 is 0 Å². The first-order valence-electron chi connectivity index (χ1n) is 8.48. The van der Waals surface area contributed by atoms with Crippen LogP contribution >= 0.6 is 12.4 Å². The van der Waals surface area contributed by atoms with Gasteiger partial charge in [-0.1, -0.05) is 25.1 Å². The molecule has 2 aliphatic heterocycles. The van der Waals surface area contributed by atoms with E-state index < -0.39 is 0 Å². The number of fused-ring (bicyclic) bond motifs is 1. The van der Waals surface area contributed by atoms with E-state index in [1.54, 1.807) is 0 Å². The molecule has 0 spiro atoms. The van der Waals surface area contributed by atoms with Crippen molar-refractivity contribution in [2.24, 2.45) is 11.8 Å². The number of hydrogen-bond acceptors (Lipinski definition) is 3. The molecule has 1 unspecified atom stereocenters. The summed E-state index contributed by atoms with van der Waals surface area (Å²) in [5.41, 5.74) is 1.16. The highest BCUT2D eigenvalue weighted by Crippen LogP contribution is 2.28. The Morgan fingerprint density at radius 1 is 1.30 bits per heavy atom. The van der Waals surface area contributed by atoms with Crippen LogP contribution in [0.3, 0.4) is 0 Å². The number of carbonyl (C=O) groups excluding carboxylic acids is 1. The zero-order chi connectivity index (χ0) is 15.4. The van der Waals surface area contributed by atoms with Gasteiger partial charge in [0, 0.05) is 13.1 Å². The van der Waals surface area contributed by atoms with Gasteiger partial charge in [-0.3, -0.25) is 4.79 Å². The van der Waals surface area contributed by atoms with Crippen molar-refractivity contribution in [3.8, 4) is 5.75 Å². The number of nitrogens with zero attached hydrogens (tertiary/aromatic N) is 1. The summed E-state index contributed by atoms with van der Waals surface area (Å²) in [6.07, 6.45) is 3.04.